The SMILES string of the molecule is c1ccc(CN2CC3CC4CCCCC4C(C3)C2)cc1. The van der Waals surface area contributed by atoms with Crippen molar-refractivity contribution in [2.24, 2.45) is 23.7 Å². The smallest absolute Gasteiger partial charge is 0.0233 e. The van der Waals surface area contributed by atoms with E-state index >= 15 is 0 Å². The number of nitrogens with zero attached hydrogens (tertiary/aromatic N) is 1. The third-order valence-corrected chi connectivity index (χ3v) is 6.10. The van der Waals surface area contributed by atoms with Gasteiger partial charge in [-0.25, -0.2) is 0 Å². The maximum Gasteiger partial charge on any atom is 0.0233 e. The molecular weight excluding hydrogens is 242 g/mol. The minimum Gasteiger partial charge on any atom is -0.299 e. The molecule has 2 aliphatic carbocycles. The molecule has 0 spiro atoms. The summed E-state index contributed by atoms with van der Waals surface area (Å²) in [4.78, 5) is 2.75. The maximum absolute atomic E-state index is 2.75. The molecule has 0 amide bonds. The van der Waals surface area contributed by atoms with Gasteiger partial charge < -0.3 is 0 Å². The second kappa shape index (κ2) is 5.52. The minimum atomic E-state index is 0.997. The van der Waals surface area contributed by atoms with Gasteiger partial charge in [-0.3, -0.25) is 4.90 Å². The van der Waals surface area contributed by atoms with Crippen LogP contribution in [0, 0.1) is 23.7 Å². The van der Waals surface area contributed by atoms with Crippen molar-refractivity contribution >= 4 is 0 Å². The van der Waals surface area contributed by atoms with Crippen LogP contribution in [0.3, 0.4) is 0 Å². The Balaban J connectivity index is 1.45. The van der Waals surface area contributed by atoms with E-state index in [-0.39, 0.29) is 0 Å². The van der Waals surface area contributed by atoms with Gasteiger partial charge in [-0.2, -0.15) is 0 Å². The zero-order valence-electron chi connectivity index (χ0n) is 12.5. The van der Waals surface area contributed by atoms with Crippen molar-refractivity contribution in [2.75, 3.05) is 13.1 Å². The molecule has 1 heteroatoms. The molecule has 4 atom stereocenters. The van der Waals surface area contributed by atoms with Crippen molar-refractivity contribution in [3.05, 3.63) is 35.9 Å². The molecule has 3 fully saturated rings. The molecule has 0 aromatic heterocycles. The lowest BCUT2D eigenvalue weighted by Gasteiger charge is -2.51. The predicted octanol–water partition coefficient (Wildman–Crippen LogP) is 4.33. The van der Waals surface area contributed by atoms with Crippen molar-refractivity contribution in [2.45, 2.75) is 45.1 Å². The summed E-state index contributed by atoms with van der Waals surface area (Å²) in [5, 5.41) is 0. The molecule has 1 saturated heterocycles. The first-order chi connectivity index (χ1) is 9.88. The Labute approximate surface area is 123 Å². The summed E-state index contributed by atoms with van der Waals surface area (Å²) < 4.78 is 0. The summed E-state index contributed by atoms with van der Waals surface area (Å²) in [5.74, 6) is 4.17. The largest absolute Gasteiger partial charge is 0.299 e. The molecule has 2 saturated carbocycles. The highest BCUT2D eigenvalue weighted by molar-refractivity contribution is 5.14. The summed E-state index contributed by atoms with van der Waals surface area (Å²) in [6.45, 7) is 3.90. The van der Waals surface area contributed by atoms with E-state index in [1.807, 2.05) is 0 Å². The van der Waals surface area contributed by atoms with Crippen LogP contribution in [0.15, 0.2) is 30.3 Å². The Kier molecular flexibility index (Phi) is 3.56. The fourth-order valence-corrected chi connectivity index (χ4v) is 5.38. The second-order valence-corrected chi connectivity index (χ2v) is 7.49. The van der Waals surface area contributed by atoms with Gasteiger partial charge in [-0.15, -0.1) is 0 Å². The van der Waals surface area contributed by atoms with E-state index in [1.165, 1.54) is 63.7 Å². The molecule has 1 aliphatic heterocycles. The number of hydrogen-bond donors (Lipinski definition) is 0. The van der Waals surface area contributed by atoms with Gasteiger partial charge in [0.25, 0.3) is 0 Å². The van der Waals surface area contributed by atoms with Crippen molar-refractivity contribution in [3.8, 4) is 0 Å². The van der Waals surface area contributed by atoms with E-state index in [2.05, 4.69) is 35.2 Å². The minimum absolute atomic E-state index is 0.997. The van der Waals surface area contributed by atoms with Crippen LogP contribution in [0.4, 0.5) is 0 Å². The topological polar surface area (TPSA) is 3.24 Å². The fourth-order valence-electron chi connectivity index (χ4n) is 5.38. The molecule has 20 heavy (non-hydrogen) atoms. The number of hydrogen-bond acceptors (Lipinski definition) is 1. The van der Waals surface area contributed by atoms with Crippen molar-refractivity contribution < 1.29 is 0 Å². The molecular formula is C19H27N. The van der Waals surface area contributed by atoms with Gasteiger partial charge in [0.15, 0.2) is 0 Å². The molecule has 0 radical (unpaired) electrons. The van der Waals surface area contributed by atoms with Gasteiger partial charge in [-0.1, -0.05) is 49.6 Å². The van der Waals surface area contributed by atoms with Crippen LogP contribution in [0.5, 0.6) is 0 Å². The third kappa shape index (κ3) is 2.53. The quantitative estimate of drug-likeness (QED) is 0.772. The molecule has 1 nitrogen and oxygen atoms in total. The summed E-state index contributed by atoms with van der Waals surface area (Å²) in [7, 11) is 0. The van der Waals surface area contributed by atoms with Gasteiger partial charge in [0.1, 0.15) is 0 Å². The number of fused-ring (bicyclic) bond motifs is 4. The zero-order valence-corrected chi connectivity index (χ0v) is 12.5. The van der Waals surface area contributed by atoms with Crippen LogP contribution in [0.1, 0.15) is 44.1 Å². The normalized spacial score (nSPS) is 37.4. The standard InChI is InChI=1S/C19H27N/c1-2-6-15(7-3-1)12-20-13-16-10-17-8-4-5-9-19(17)18(11-16)14-20/h1-3,6-7,16-19H,4-5,8-14H2. The van der Waals surface area contributed by atoms with Crippen LogP contribution < -0.4 is 0 Å². The highest BCUT2D eigenvalue weighted by Crippen LogP contribution is 2.48. The predicted molar refractivity (Wildman–Crippen MR) is 83.4 cm³/mol. The van der Waals surface area contributed by atoms with Gasteiger partial charge in [0.2, 0.25) is 0 Å². The number of rotatable bonds is 2. The first-order valence-corrected chi connectivity index (χ1v) is 8.65. The summed E-state index contributed by atoms with van der Waals surface area (Å²) >= 11 is 0. The first kappa shape index (κ1) is 12.9. The van der Waals surface area contributed by atoms with Gasteiger partial charge in [-0.05, 0) is 48.5 Å². The lowest BCUT2D eigenvalue weighted by molar-refractivity contribution is -0.0119. The third-order valence-electron chi connectivity index (χ3n) is 6.10. The number of likely N-dealkylation sites (tertiary alicyclic amines) is 1. The van der Waals surface area contributed by atoms with Crippen molar-refractivity contribution in [1.29, 1.82) is 0 Å². The fraction of sp³-hybridized carbons (Fsp3) is 0.684. The van der Waals surface area contributed by atoms with E-state index in [1.54, 1.807) is 0 Å². The highest BCUT2D eigenvalue weighted by atomic mass is 15.1. The Hall–Kier alpha value is -0.820. The van der Waals surface area contributed by atoms with E-state index in [9.17, 15) is 0 Å². The van der Waals surface area contributed by atoms with Crippen LogP contribution in [0.25, 0.3) is 0 Å². The van der Waals surface area contributed by atoms with E-state index in [0.29, 0.717) is 0 Å². The van der Waals surface area contributed by atoms with E-state index in [0.717, 1.165) is 23.7 Å². The molecule has 1 heterocycles. The summed E-state index contributed by atoms with van der Waals surface area (Å²) in [6.07, 6.45) is 9.14. The molecule has 4 rings (SSSR count). The maximum atomic E-state index is 2.75. The molecule has 0 N–H and O–H groups in total. The molecule has 2 bridgehead atoms. The van der Waals surface area contributed by atoms with Gasteiger partial charge in [0, 0.05) is 19.6 Å². The first-order valence-electron chi connectivity index (χ1n) is 8.65. The zero-order chi connectivity index (χ0) is 13.4. The monoisotopic (exact) mass is 269 g/mol. The van der Waals surface area contributed by atoms with E-state index in [4.69, 9.17) is 0 Å². The molecule has 1 aromatic carbocycles. The lowest BCUT2D eigenvalue weighted by atomic mass is 9.61. The number of piperidine rings is 1. The molecule has 4 unspecified atom stereocenters. The average molecular weight is 269 g/mol. The van der Waals surface area contributed by atoms with E-state index < -0.39 is 0 Å². The number of benzene rings is 1. The van der Waals surface area contributed by atoms with Crippen LogP contribution in [0.2, 0.25) is 0 Å². The van der Waals surface area contributed by atoms with Crippen molar-refractivity contribution in [1.82, 2.24) is 4.90 Å². The van der Waals surface area contributed by atoms with Crippen LogP contribution in [-0.4, -0.2) is 18.0 Å². The summed E-state index contributed by atoms with van der Waals surface area (Å²) in [5.41, 5.74) is 1.49. The Morgan fingerprint density at radius 2 is 1.70 bits per heavy atom. The average Bonchev–Trinajstić information content (AvgIpc) is 2.48. The van der Waals surface area contributed by atoms with Gasteiger partial charge >= 0.3 is 0 Å². The molecule has 1 aromatic rings. The lowest BCUT2D eigenvalue weighted by Crippen LogP contribution is -2.49. The van der Waals surface area contributed by atoms with Crippen LogP contribution >= 0.6 is 0 Å². The van der Waals surface area contributed by atoms with Gasteiger partial charge in [0.05, 0.1) is 0 Å². The Morgan fingerprint density at radius 3 is 2.60 bits per heavy atom. The highest BCUT2D eigenvalue weighted by Gasteiger charge is 2.42. The Morgan fingerprint density at radius 1 is 0.900 bits per heavy atom. The second-order valence-electron chi connectivity index (χ2n) is 7.49. The molecule has 108 valence electrons. The Bertz CT molecular complexity index is 440. The molecule has 3 aliphatic rings. The summed E-state index contributed by atoms with van der Waals surface area (Å²) in [6, 6.07) is 11.1. The van der Waals surface area contributed by atoms with Crippen LogP contribution in [-0.2, 0) is 6.54 Å². The van der Waals surface area contributed by atoms with Crippen molar-refractivity contribution in [3.63, 3.8) is 0 Å².